The van der Waals surface area contributed by atoms with E-state index in [0.717, 1.165) is 16.7 Å². The predicted octanol–water partition coefficient (Wildman–Crippen LogP) is 5.30. The van der Waals surface area contributed by atoms with Gasteiger partial charge in [-0.25, -0.2) is 4.79 Å². The summed E-state index contributed by atoms with van der Waals surface area (Å²) in [7, 11) is 0. The molecule has 0 aliphatic rings. The average Bonchev–Trinajstić information content (AvgIpc) is 2.61. The Bertz CT molecular complexity index is 863. The lowest BCUT2D eigenvalue weighted by Crippen LogP contribution is -2.16. The number of phenolic OH excluding ortho intramolecular Hbond substituents is 1. The SMILES string of the molecule is Cc1ccc(C)c(C(=O)COC(=O)c2cc(C(C)C)cc(C(C)C)c2O)c1. The minimum atomic E-state index is -0.685. The van der Waals surface area contributed by atoms with E-state index in [0.29, 0.717) is 11.1 Å². The zero-order valence-corrected chi connectivity index (χ0v) is 16.9. The van der Waals surface area contributed by atoms with E-state index >= 15 is 0 Å². The van der Waals surface area contributed by atoms with Crippen molar-refractivity contribution in [2.45, 2.75) is 53.4 Å². The number of rotatable bonds is 6. The molecule has 4 heteroatoms. The van der Waals surface area contributed by atoms with E-state index in [2.05, 4.69) is 0 Å². The van der Waals surface area contributed by atoms with E-state index < -0.39 is 5.97 Å². The second-order valence-corrected chi connectivity index (χ2v) is 7.63. The van der Waals surface area contributed by atoms with Crippen LogP contribution in [-0.2, 0) is 4.74 Å². The molecule has 27 heavy (non-hydrogen) atoms. The monoisotopic (exact) mass is 368 g/mol. The molecule has 0 saturated heterocycles. The lowest BCUT2D eigenvalue weighted by molar-refractivity contribution is 0.0471. The van der Waals surface area contributed by atoms with Gasteiger partial charge in [-0.1, -0.05) is 51.5 Å². The van der Waals surface area contributed by atoms with Crippen LogP contribution in [0.15, 0.2) is 30.3 Å². The Balaban J connectivity index is 2.25. The van der Waals surface area contributed by atoms with E-state index in [-0.39, 0.29) is 35.5 Å². The number of hydrogen-bond donors (Lipinski definition) is 1. The van der Waals surface area contributed by atoms with Crippen LogP contribution in [0.3, 0.4) is 0 Å². The maximum Gasteiger partial charge on any atom is 0.342 e. The van der Waals surface area contributed by atoms with Gasteiger partial charge in [0.25, 0.3) is 0 Å². The number of carbonyl (C=O) groups is 2. The molecule has 0 aliphatic carbocycles. The maximum absolute atomic E-state index is 12.6. The van der Waals surface area contributed by atoms with Crippen LogP contribution in [0.1, 0.15) is 82.5 Å². The van der Waals surface area contributed by atoms with Gasteiger partial charge in [-0.3, -0.25) is 4.79 Å². The van der Waals surface area contributed by atoms with Gasteiger partial charge in [-0.05, 0) is 54.5 Å². The molecular formula is C23H28O4. The summed E-state index contributed by atoms with van der Waals surface area (Å²) in [4.78, 5) is 25.0. The van der Waals surface area contributed by atoms with E-state index in [9.17, 15) is 14.7 Å². The molecule has 2 aromatic carbocycles. The summed E-state index contributed by atoms with van der Waals surface area (Å²) in [6.07, 6.45) is 0. The van der Waals surface area contributed by atoms with Crippen molar-refractivity contribution in [2.24, 2.45) is 0 Å². The highest BCUT2D eigenvalue weighted by Gasteiger charge is 2.21. The van der Waals surface area contributed by atoms with Crippen LogP contribution < -0.4 is 0 Å². The third kappa shape index (κ3) is 4.76. The van der Waals surface area contributed by atoms with Crippen LogP contribution in [-0.4, -0.2) is 23.5 Å². The summed E-state index contributed by atoms with van der Waals surface area (Å²) < 4.78 is 5.24. The molecule has 0 radical (unpaired) electrons. The number of phenols is 1. The fraction of sp³-hybridized carbons (Fsp3) is 0.391. The van der Waals surface area contributed by atoms with Gasteiger partial charge in [0.1, 0.15) is 11.3 Å². The van der Waals surface area contributed by atoms with Gasteiger partial charge < -0.3 is 9.84 Å². The molecule has 0 atom stereocenters. The topological polar surface area (TPSA) is 63.6 Å². The maximum atomic E-state index is 12.6. The third-order valence-corrected chi connectivity index (χ3v) is 4.70. The lowest BCUT2D eigenvalue weighted by atomic mass is 9.92. The predicted molar refractivity (Wildman–Crippen MR) is 107 cm³/mol. The summed E-state index contributed by atoms with van der Waals surface area (Å²) in [6.45, 7) is 11.4. The molecule has 0 bridgehead atoms. The van der Waals surface area contributed by atoms with Crippen molar-refractivity contribution in [2.75, 3.05) is 6.61 Å². The number of ketones is 1. The van der Waals surface area contributed by atoms with Crippen LogP contribution in [0.2, 0.25) is 0 Å². The Hall–Kier alpha value is -2.62. The fourth-order valence-corrected chi connectivity index (χ4v) is 2.93. The number of aryl methyl sites for hydroxylation is 2. The summed E-state index contributed by atoms with van der Waals surface area (Å²) in [6, 6.07) is 9.16. The Morgan fingerprint density at radius 1 is 0.963 bits per heavy atom. The quantitative estimate of drug-likeness (QED) is 0.555. The van der Waals surface area contributed by atoms with Gasteiger partial charge in [0.15, 0.2) is 6.61 Å². The molecule has 0 spiro atoms. The molecular weight excluding hydrogens is 340 g/mol. The average molecular weight is 368 g/mol. The zero-order valence-electron chi connectivity index (χ0n) is 16.9. The highest BCUT2D eigenvalue weighted by molar-refractivity contribution is 6.01. The van der Waals surface area contributed by atoms with Gasteiger partial charge >= 0.3 is 5.97 Å². The number of aromatic hydroxyl groups is 1. The van der Waals surface area contributed by atoms with Crippen molar-refractivity contribution >= 4 is 11.8 Å². The first-order chi connectivity index (χ1) is 12.6. The molecule has 0 amide bonds. The molecule has 4 nitrogen and oxygen atoms in total. The molecule has 2 aromatic rings. The minimum absolute atomic E-state index is 0.0619. The Morgan fingerprint density at radius 3 is 2.22 bits per heavy atom. The highest BCUT2D eigenvalue weighted by atomic mass is 16.5. The van der Waals surface area contributed by atoms with Crippen LogP contribution in [0.25, 0.3) is 0 Å². The van der Waals surface area contributed by atoms with Gasteiger partial charge in [-0.2, -0.15) is 0 Å². The Labute approximate surface area is 161 Å². The Morgan fingerprint density at radius 2 is 1.63 bits per heavy atom. The lowest BCUT2D eigenvalue weighted by Gasteiger charge is -2.16. The molecule has 0 unspecified atom stereocenters. The third-order valence-electron chi connectivity index (χ3n) is 4.70. The molecule has 0 heterocycles. The minimum Gasteiger partial charge on any atom is -0.507 e. The van der Waals surface area contributed by atoms with Crippen molar-refractivity contribution in [3.05, 3.63) is 63.7 Å². The molecule has 2 rings (SSSR count). The van der Waals surface area contributed by atoms with E-state index in [1.54, 1.807) is 12.1 Å². The summed E-state index contributed by atoms with van der Waals surface area (Å²) in [5.41, 5.74) is 4.12. The molecule has 0 aromatic heterocycles. The summed E-state index contributed by atoms with van der Waals surface area (Å²) >= 11 is 0. The largest absolute Gasteiger partial charge is 0.507 e. The summed E-state index contributed by atoms with van der Waals surface area (Å²) in [5, 5.41) is 10.5. The van der Waals surface area contributed by atoms with E-state index in [1.165, 1.54) is 0 Å². The molecule has 144 valence electrons. The molecule has 1 N–H and O–H groups in total. The highest BCUT2D eigenvalue weighted by Crippen LogP contribution is 2.33. The van der Waals surface area contributed by atoms with Gasteiger partial charge in [0.05, 0.1) is 0 Å². The van der Waals surface area contributed by atoms with Gasteiger partial charge in [0, 0.05) is 5.56 Å². The number of esters is 1. The normalized spacial score (nSPS) is 11.1. The van der Waals surface area contributed by atoms with Crippen molar-refractivity contribution < 1.29 is 19.4 Å². The van der Waals surface area contributed by atoms with Crippen LogP contribution in [0.4, 0.5) is 0 Å². The van der Waals surface area contributed by atoms with Crippen molar-refractivity contribution in [1.29, 1.82) is 0 Å². The number of benzene rings is 2. The number of Topliss-reactive ketones (excluding diaryl/α,β-unsaturated/α-hetero) is 1. The molecule has 0 fully saturated rings. The number of hydrogen-bond acceptors (Lipinski definition) is 4. The molecule has 0 saturated carbocycles. The smallest absolute Gasteiger partial charge is 0.342 e. The van der Waals surface area contributed by atoms with Gasteiger partial charge in [0.2, 0.25) is 5.78 Å². The first-order valence-corrected chi connectivity index (χ1v) is 9.26. The first-order valence-electron chi connectivity index (χ1n) is 9.26. The standard InChI is InChI=1S/C23H28O4/c1-13(2)17-10-18(14(3)4)22(25)20(11-17)23(26)27-12-21(24)19-9-15(5)7-8-16(19)6/h7-11,13-14,25H,12H2,1-6H3. The second kappa shape index (κ2) is 8.38. The van der Waals surface area contributed by atoms with Crippen molar-refractivity contribution in [3.8, 4) is 5.75 Å². The molecule has 0 aliphatic heterocycles. The second-order valence-electron chi connectivity index (χ2n) is 7.63. The van der Waals surface area contributed by atoms with E-state index in [4.69, 9.17) is 4.74 Å². The fourth-order valence-electron chi connectivity index (χ4n) is 2.93. The van der Waals surface area contributed by atoms with E-state index in [1.807, 2.05) is 59.7 Å². The number of carbonyl (C=O) groups excluding carboxylic acids is 2. The van der Waals surface area contributed by atoms with Crippen molar-refractivity contribution in [3.63, 3.8) is 0 Å². The van der Waals surface area contributed by atoms with Crippen LogP contribution in [0, 0.1) is 13.8 Å². The number of ether oxygens (including phenoxy) is 1. The van der Waals surface area contributed by atoms with Crippen molar-refractivity contribution in [1.82, 2.24) is 0 Å². The Kier molecular flexibility index (Phi) is 6.42. The first kappa shape index (κ1) is 20.7. The van der Waals surface area contributed by atoms with Crippen LogP contribution >= 0.6 is 0 Å². The zero-order chi connectivity index (χ0) is 20.3. The van der Waals surface area contributed by atoms with Gasteiger partial charge in [-0.15, -0.1) is 0 Å². The summed E-state index contributed by atoms with van der Waals surface area (Å²) in [5.74, 6) is -0.750. The van der Waals surface area contributed by atoms with Crippen LogP contribution in [0.5, 0.6) is 5.75 Å².